The number of carboxylic acid groups (broad SMARTS) is 1. The van der Waals surface area contributed by atoms with E-state index in [4.69, 9.17) is 5.11 Å². The summed E-state index contributed by atoms with van der Waals surface area (Å²) < 4.78 is 0. The van der Waals surface area contributed by atoms with Crippen molar-refractivity contribution in [2.75, 3.05) is 13.1 Å². The van der Waals surface area contributed by atoms with Gasteiger partial charge in [0.15, 0.2) is 0 Å². The van der Waals surface area contributed by atoms with Crippen LogP contribution in [0.4, 0.5) is 0 Å². The van der Waals surface area contributed by atoms with Crippen LogP contribution >= 0.6 is 0 Å². The molecule has 0 spiro atoms. The topological polar surface area (TPSA) is 57.6 Å². The lowest BCUT2D eigenvalue weighted by molar-refractivity contribution is -0.141. The summed E-state index contributed by atoms with van der Waals surface area (Å²) in [6.45, 7) is 5.71. The number of aliphatic carboxylic acids is 1. The highest BCUT2D eigenvalue weighted by Gasteiger charge is 2.38. The third-order valence-corrected chi connectivity index (χ3v) is 4.06. The second kappa shape index (κ2) is 7.51. The van der Waals surface area contributed by atoms with Gasteiger partial charge in [0.2, 0.25) is 5.91 Å². The molecule has 0 radical (unpaired) electrons. The van der Waals surface area contributed by atoms with E-state index in [0.29, 0.717) is 6.42 Å². The summed E-state index contributed by atoms with van der Waals surface area (Å²) in [6, 6.07) is 0. The molecule has 4 heteroatoms. The van der Waals surface area contributed by atoms with E-state index < -0.39 is 5.97 Å². The number of hydrogen-bond acceptors (Lipinski definition) is 2. The molecule has 0 aromatic rings. The summed E-state index contributed by atoms with van der Waals surface area (Å²) >= 11 is 0. The van der Waals surface area contributed by atoms with E-state index in [2.05, 4.69) is 13.8 Å². The van der Waals surface area contributed by atoms with Crippen LogP contribution in [0.15, 0.2) is 0 Å². The third-order valence-electron chi connectivity index (χ3n) is 4.06. The molecule has 0 unspecified atom stereocenters. The van der Waals surface area contributed by atoms with E-state index >= 15 is 0 Å². The highest BCUT2D eigenvalue weighted by molar-refractivity contribution is 5.78. The quantitative estimate of drug-likeness (QED) is 0.736. The van der Waals surface area contributed by atoms with Crippen LogP contribution in [-0.2, 0) is 9.59 Å². The van der Waals surface area contributed by atoms with Gasteiger partial charge in [-0.3, -0.25) is 9.59 Å². The summed E-state index contributed by atoms with van der Waals surface area (Å²) in [7, 11) is 0. The molecule has 0 bridgehead atoms. The molecule has 1 aliphatic rings. The monoisotopic (exact) mass is 269 g/mol. The largest absolute Gasteiger partial charge is 0.481 e. The van der Waals surface area contributed by atoms with Gasteiger partial charge in [-0.05, 0) is 31.1 Å². The fourth-order valence-corrected chi connectivity index (χ4v) is 3.20. The van der Waals surface area contributed by atoms with Gasteiger partial charge in [0.25, 0.3) is 0 Å². The van der Waals surface area contributed by atoms with Crippen LogP contribution < -0.4 is 0 Å². The van der Waals surface area contributed by atoms with Gasteiger partial charge in [-0.1, -0.05) is 26.7 Å². The number of carboxylic acids is 1. The van der Waals surface area contributed by atoms with Crippen molar-refractivity contribution in [3.63, 3.8) is 0 Å². The third kappa shape index (κ3) is 4.84. The molecule has 0 aromatic heterocycles. The molecule has 1 amide bonds. The van der Waals surface area contributed by atoms with E-state index in [1.54, 1.807) is 0 Å². The first-order valence-electron chi connectivity index (χ1n) is 7.52. The maximum Gasteiger partial charge on any atom is 0.303 e. The molecule has 1 aliphatic carbocycles. The zero-order valence-electron chi connectivity index (χ0n) is 12.3. The summed E-state index contributed by atoms with van der Waals surface area (Å²) in [5.41, 5.74) is -0.275. The first kappa shape index (κ1) is 16.0. The Morgan fingerprint density at radius 3 is 2.00 bits per heavy atom. The molecule has 110 valence electrons. The molecule has 0 heterocycles. The van der Waals surface area contributed by atoms with Gasteiger partial charge in [0.1, 0.15) is 0 Å². The molecule has 0 aliphatic heterocycles. The molecule has 19 heavy (non-hydrogen) atoms. The molecular formula is C15H27NO3. The van der Waals surface area contributed by atoms with Crippen molar-refractivity contribution < 1.29 is 14.7 Å². The number of rotatable bonds is 8. The van der Waals surface area contributed by atoms with Gasteiger partial charge < -0.3 is 10.0 Å². The standard InChI is InChI=1S/C15H27NO3/c1-3-9-16(10-4-2)13(17)11-15(12-14(18)19)7-5-6-8-15/h3-12H2,1-2H3,(H,18,19). The van der Waals surface area contributed by atoms with Crippen molar-refractivity contribution in [1.29, 1.82) is 0 Å². The second-order valence-electron chi connectivity index (χ2n) is 5.84. The molecule has 0 aromatic carbocycles. The zero-order chi connectivity index (χ0) is 14.3. The first-order chi connectivity index (χ1) is 9.03. The molecule has 0 saturated heterocycles. The van der Waals surface area contributed by atoms with Crippen LogP contribution in [0.1, 0.15) is 65.2 Å². The van der Waals surface area contributed by atoms with Gasteiger partial charge in [0.05, 0.1) is 6.42 Å². The van der Waals surface area contributed by atoms with Crippen LogP contribution in [0.3, 0.4) is 0 Å². The summed E-state index contributed by atoms with van der Waals surface area (Å²) in [5.74, 6) is -0.626. The molecule has 1 rings (SSSR count). The fraction of sp³-hybridized carbons (Fsp3) is 0.867. The Kier molecular flexibility index (Phi) is 6.32. The Balaban J connectivity index is 2.66. The van der Waals surface area contributed by atoms with Crippen LogP contribution in [0.5, 0.6) is 0 Å². The van der Waals surface area contributed by atoms with Crippen molar-refractivity contribution in [2.24, 2.45) is 5.41 Å². The fourth-order valence-electron chi connectivity index (χ4n) is 3.20. The van der Waals surface area contributed by atoms with E-state index in [0.717, 1.165) is 51.6 Å². The van der Waals surface area contributed by atoms with Crippen molar-refractivity contribution in [2.45, 2.75) is 65.2 Å². The summed E-state index contributed by atoms with van der Waals surface area (Å²) in [5, 5.41) is 9.07. The smallest absolute Gasteiger partial charge is 0.303 e. The molecule has 4 nitrogen and oxygen atoms in total. The second-order valence-corrected chi connectivity index (χ2v) is 5.84. The Labute approximate surface area is 116 Å². The number of hydrogen-bond donors (Lipinski definition) is 1. The normalized spacial score (nSPS) is 17.4. The highest BCUT2D eigenvalue weighted by Crippen LogP contribution is 2.44. The highest BCUT2D eigenvalue weighted by atomic mass is 16.4. The number of carbonyl (C=O) groups excluding carboxylic acids is 1. The molecule has 1 N–H and O–H groups in total. The Morgan fingerprint density at radius 1 is 1.05 bits per heavy atom. The van der Waals surface area contributed by atoms with E-state index in [1.165, 1.54) is 0 Å². The average Bonchev–Trinajstić information content (AvgIpc) is 2.76. The number of amides is 1. The maximum absolute atomic E-state index is 12.4. The van der Waals surface area contributed by atoms with Crippen LogP contribution in [-0.4, -0.2) is 35.0 Å². The minimum atomic E-state index is -0.771. The van der Waals surface area contributed by atoms with Crippen LogP contribution in [0.2, 0.25) is 0 Å². The lowest BCUT2D eigenvalue weighted by atomic mass is 9.79. The first-order valence-corrected chi connectivity index (χ1v) is 7.52. The van der Waals surface area contributed by atoms with Gasteiger partial charge in [-0.2, -0.15) is 0 Å². The van der Waals surface area contributed by atoms with Crippen molar-refractivity contribution in [3.05, 3.63) is 0 Å². The summed E-state index contributed by atoms with van der Waals surface area (Å²) in [4.78, 5) is 25.3. The van der Waals surface area contributed by atoms with Crippen LogP contribution in [0.25, 0.3) is 0 Å². The summed E-state index contributed by atoms with van der Waals surface area (Å²) in [6.07, 6.45) is 6.36. The van der Waals surface area contributed by atoms with E-state index in [-0.39, 0.29) is 17.7 Å². The molecule has 1 fully saturated rings. The van der Waals surface area contributed by atoms with E-state index in [9.17, 15) is 9.59 Å². The van der Waals surface area contributed by atoms with Gasteiger partial charge in [-0.15, -0.1) is 0 Å². The average molecular weight is 269 g/mol. The van der Waals surface area contributed by atoms with Gasteiger partial charge >= 0.3 is 5.97 Å². The minimum absolute atomic E-state index is 0.144. The predicted molar refractivity (Wildman–Crippen MR) is 74.9 cm³/mol. The lowest BCUT2D eigenvalue weighted by Crippen LogP contribution is -2.37. The Bertz CT molecular complexity index is 303. The van der Waals surface area contributed by atoms with Crippen molar-refractivity contribution in [3.8, 4) is 0 Å². The number of nitrogens with zero attached hydrogens (tertiary/aromatic N) is 1. The lowest BCUT2D eigenvalue weighted by Gasteiger charge is -2.30. The Hall–Kier alpha value is -1.06. The van der Waals surface area contributed by atoms with Crippen molar-refractivity contribution >= 4 is 11.9 Å². The predicted octanol–water partition coefficient (Wildman–Crippen LogP) is 3.06. The zero-order valence-corrected chi connectivity index (χ0v) is 12.3. The van der Waals surface area contributed by atoms with E-state index in [1.807, 2.05) is 4.90 Å². The minimum Gasteiger partial charge on any atom is -0.481 e. The Morgan fingerprint density at radius 2 is 1.58 bits per heavy atom. The van der Waals surface area contributed by atoms with Crippen molar-refractivity contribution in [1.82, 2.24) is 4.90 Å². The molecule has 1 saturated carbocycles. The molecular weight excluding hydrogens is 242 g/mol. The van der Waals surface area contributed by atoms with Gasteiger partial charge in [-0.25, -0.2) is 0 Å². The molecule has 0 atom stereocenters. The maximum atomic E-state index is 12.4. The SMILES string of the molecule is CCCN(CCC)C(=O)CC1(CC(=O)O)CCCC1. The van der Waals surface area contributed by atoms with Crippen LogP contribution in [0, 0.1) is 5.41 Å². The number of carbonyl (C=O) groups is 2. The van der Waals surface area contributed by atoms with Gasteiger partial charge in [0, 0.05) is 19.5 Å².